The minimum absolute atomic E-state index is 0.385. The van der Waals surface area contributed by atoms with Gasteiger partial charge in [0.2, 0.25) is 0 Å². The van der Waals surface area contributed by atoms with Crippen LogP contribution in [-0.4, -0.2) is 46.3 Å². The molecule has 1 rings (SSSR count). The van der Waals surface area contributed by atoms with E-state index in [4.69, 9.17) is 14.2 Å². The van der Waals surface area contributed by atoms with E-state index in [1.54, 1.807) is 7.11 Å². The van der Waals surface area contributed by atoms with Crippen LogP contribution in [0.5, 0.6) is 0 Å². The topological polar surface area (TPSA) is 39.7 Å². The van der Waals surface area contributed by atoms with Gasteiger partial charge in [-0.25, -0.2) is 0 Å². The zero-order valence-corrected chi connectivity index (χ0v) is 8.96. The molecule has 84 valence electrons. The zero-order valence-electron chi connectivity index (χ0n) is 8.96. The lowest BCUT2D eigenvalue weighted by Crippen LogP contribution is -2.23. The van der Waals surface area contributed by atoms with E-state index in [-0.39, 0.29) is 0 Å². The van der Waals surface area contributed by atoms with E-state index in [2.05, 4.69) is 5.32 Å². The maximum absolute atomic E-state index is 5.32. The fraction of sp³-hybridized carbons (Fsp3) is 1.00. The first-order valence-corrected chi connectivity index (χ1v) is 5.31. The molecule has 1 aliphatic heterocycles. The molecule has 0 aromatic rings. The van der Waals surface area contributed by atoms with Crippen molar-refractivity contribution in [2.24, 2.45) is 0 Å². The van der Waals surface area contributed by atoms with Crippen LogP contribution >= 0.6 is 0 Å². The number of rotatable bonds is 8. The van der Waals surface area contributed by atoms with Crippen LogP contribution < -0.4 is 5.32 Å². The summed E-state index contributed by atoms with van der Waals surface area (Å²) >= 11 is 0. The van der Waals surface area contributed by atoms with E-state index in [1.807, 2.05) is 0 Å². The van der Waals surface area contributed by atoms with Crippen molar-refractivity contribution in [3.05, 3.63) is 0 Å². The first-order valence-electron chi connectivity index (χ1n) is 5.31. The van der Waals surface area contributed by atoms with Crippen molar-refractivity contribution in [3.8, 4) is 0 Å². The van der Waals surface area contributed by atoms with Crippen LogP contribution in [0.3, 0.4) is 0 Å². The molecule has 0 amide bonds. The summed E-state index contributed by atoms with van der Waals surface area (Å²) in [6.07, 6.45) is 3.68. The summed E-state index contributed by atoms with van der Waals surface area (Å²) in [6.45, 7) is 3.57. The normalized spacial score (nSPS) is 21.6. The first kappa shape index (κ1) is 11.9. The second kappa shape index (κ2) is 8.17. The zero-order chi connectivity index (χ0) is 10.1. The van der Waals surface area contributed by atoms with Crippen molar-refractivity contribution in [2.45, 2.75) is 25.3 Å². The van der Waals surface area contributed by atoms with Crippen molar-refractivity contribution in [1.29, 1.82) is 0 Å². The highest BCUT2D eigenvalue weighted by Gasteiger charge is 2.12. The van der Waals surface area contributed by atoms with Crippen molar-refractivity contribution < 1.29 is 14.2 Å². The van der Waals surface area contributed by atoms with Gasteiger partial charge in [-0.2, -0.15) is 0 Å². The molecule has 0 aromatic carbocycles. The van der Waals surface area contributed by atoms with Gasteiger partial charge in [0.1, 0.15) is 6.79 Å². The van der Waals surface area contributed by atoms with E-state index in [0.717, 1.165) is 19.6 Å². The molecule has 4 nitrogen and oxygen atoms in total. The average Bonchev–Trinajstić information content (AvgIpc) is 2.69. The smallest absolute Gasteiger partial charge is 0.146 e. The number of nitrogens with one attached hydrogen (secondary N) is 1. The van der Waals surface area contributed by atoms with Gasteiger partial charge in [0.25, 0.3) is 0 Å². The van der Waals surface area contributed by atoms with Crippen LogP contribution in [0.15, 0.2) is 0 Å². The molecule has 0 aromatic heterocycles. The summed E-state index contributed by atoms with van der Waals surface area (Å²) < 4.78 is 15.3. The Bertz CT molecular complexity index is 127. The SMILES string of the molecule is COCCOCOCCC1CCCN1. The molecule has 4 heteroatoms. The van der Waals surface area contributed by atoms with Crippen LogP contribution in [-0.2, 0) is 14.2 Å². The van der Waals surface area contributed by atoms with Crippen LogP contribution in [0.4, 0.5) is 0 Å². The highest BCUT2D eigenvalue weighted by molar-refractivity contribution is 4.73. The predicted octanol–water partition coefficient (Wildman–Crippen LogP) is 0.766. The molecule has 1 fully saturated rings. The van der Waals surface area contributed by atoms with Crippen molar-refractivity contribution in [1.82, 2.24) is 5.32 Å². The Kier molecular flexibility index (Phi) is 6.95. The Morgan fingerprint density at radius 3 is 2.79 bits per heavy atom. The second-order valence-corrected chi connectivity index (χ2v) is 3.51. The lowest BCUT2D eigenvalue weighted by atomic mass is 10.2. The molecule has 0 spiro atoms. The van der Waals surface area contributed by atoms with E-state index in [0.29, 0.717) is 26.0 Å². The fourth-order valence-corrected chi connectivity index (χ4v) is 1.55. The minimum Gasteiger partial charge on any atom is -0.382 e. The summed E-state index contributed by atoms with van der Waals surface area (Å²) in [5, 5.41) is 3.43. The molecule has 0 radical (unpaired) electrons. The van der Waals surface area contributed by atoms with Gasteiger partial charge in [-0.3, -0.25) is 0 Å². The van der Waals surface area contributed by atoms with Crippen molar-refractivity contribution in [2.75, 3.05) is 40.3 Å². The number of hydrogen-bond acceptors (Lipinski definition) is 4. The summed E-state index contributed by atoms with van der Waals surface area (Å²) in [5.41, 5.74) is 0. The Balaban J connectivity index is 1.75. The lowest BCUT2D eigenvalue weighted by Gasteiger charge is -2.10. The Morgan fingerprint density at radius 1 is 1.21 bits per heavy atom. The van der Waals surface area contributed by atoms with Gasteiger partial charge < -0.3 is 19.5 Å². The van der Waals surface area contributed by atoms with Crippen molar-refractivity contribution >= 4 is 0 Å². The van der Waals surface area contributed by atoms with E-state index >= 15 is 0 Å². The molecule has 1 unspecified atom stereocenters. The highest BCUT2D eigenvalue weighted by atomic mass is 16.7. The molecule has 0 bridgehead atoms. The second-order valence-electron chi connectivity index (χ2n) is 3.51. The molecular weight excluding hydrogens is 182 g/mol. The molecule has 14 heavy (non-hydrogen) atoms. The maximum atomic E-state index is 5.32. The molecule has 1 aliphatic rings. The van der Waals surface area contributed by atoms with Gasteiger partial charge >= 0.3 is 0 Å². The maximum Gasteiger partial charge on any atom is 0.146 e. The first-order chi connectivity index (χ1) is 6.93. The third-order valence-electron chi connectivity index (χ3n) is 2.37. The molecule has 1 saturated heterocycles. The quantitative estimate of drug-likeness (QED) is 0.467. The molecule has 0 saturated carbocycles. The molecule has 1 N–H and O–H groups in total. The number of hydrogen-bond donors (Lipinski definition) is 1. The van der Waals surface area contributed by atoms with E-state index in [9.17, 15) is 0 Å². The summed E-state index contributed by atoms with van der Waals surface area (Å²) in [7, 11) is 1.66. The predicted molar refractivity (Wildman–Crippen MR) is 54.3 cm³/mol. The molecule has 1 atom stereocenters. The summed E-state index contributed by atoms with van der Waals surface area (Å²) in [6, 6.07) is 0.661. The molecule has 1 heterocycles. The summed E-state index contributed by atoms with van der Waals surface area (Å²) in [4.78, 5) is 0. The molecule has 0 aliphatic carbocycles. The largest absolute Gasteiger partial charge is 0.382 e. The van der Waals surface area contributed by atoms with Crippen LogP contribution in [0, 0.1) is 0 Å². The summed E-state index contributed by atoms with van der Waals surface area (Å²) in [5.74, 6) is 0. The Morgan fingerprint density at radius 2 is 2.07 bits per heavy atom. The van der Waals surface area contributed by atoms with E-state index in [1.165, 1.54) is 12.8 Å². The monoisotopic (exact) mass is 203 g/mol. The third-order valence-corrected chi connectivity index (χ3v) is 2.37. The van der Waals surface area contributed by atoms with Gasteiger partial charge in [0.15, 0.2) is 0 Å². The van der Waals surface area contributed by atoms with Crippen LogP contribution in [0.25, 0.3) is 0 Å². The Labute approximate surface area is 85.9 Å². The Hall–Kier alpha value is -0.160. The van der Waals surface area contributed by atoms with E-state index < -0.39 is 0 Å². The van der Waals surface area contributed by atoms with Crippen molar-refractivity contribution in [3.63, 3.8) is 0 Å². The van der Waals surface area contributed by atoms with Crippen LogP contribution in [0.2, 0.25) is 0 Å². The highest BCUT2D eigenvalue weighted by Crippen LogP contribution is 2.08. The van der Waals surface area contributed by atoms with Gasteiger partial charge in [0, 0.05) is 13.2 Å². The van der Waals surface area contributed by atoms with Gasteiger partial charge in [-0.1, -0.05) is 0 Å². The standard InChI is InChI=1S/C10H21NO3/c1-12-7-8-14-9-13-6-4-10-3-2-5-11-10/h10-11H,2-9H2,1H3. The third kappa shape index (κ3) is 5.54. The number of ether oxygens (including phenoxy) is 3. The van der Waals surface area contributed by atoms with Gasteiger partial charge in [0.05, 0.1) is 19.8 Å². The van der Waals surface area contributed by atoms with Gasteiger partial charge in [-0.15, -0.1) is 0 Å². The molecular formula is C10H21NO3. The van der Waals surface area contributed by atoms with Crippen LogP contribution in [0.1, 0.15) is 19.3 Å². The number of methoxy groups -OCH3 is 1. The lowest BCUT2D eigenvalue weighted by molar-refractivity contribution is -0.0671. The van der Waals surface area contributed by atoms with Gasteiger partial charge in [-0.05, 0) is 25.8 Å². The minimum atomic E-state index is 0.385. The fourth-order valence-electron chi connectivity index (χ4n) is 1.55. The average molecular weight is 203 g/mol.